The Bertz CT molecular complexity index is 2790. The van der Waals surface area contributed by atoms with Crippen molar-refractivity contribution >= 4 is 53.3 Å². The maximum Gasteiger partial charge on any atom is 0.160 e. The number of hydrogen-bond acceptors (Lipinski definition) is 3. The summed E-state index contributed by atoms with van der Waals surface area (Å²) >= 11 is 1.87. The molecule has 3 heterocycles. The fourth-order valence-electron chi connectivity index (χ4n) is 7.24. The number of hydrogen-bond donors (Lipinski definition) is 0. The molecule has 0 fully saturated rings. The number of aromatic nitrogens is 3. The van der Waals surface area contributed by atoms with E-state index in [1.54, 1.807) is 0 Å². The molecule has 10 aromatic rings. The lowest BCUT2D eigenvalue weighted by Gasteiger charge is -2.12. The molecule has 0 aliphatic heterocycles. The van der Waals surface area contributed by atoms with Gasteiger partial charge in [0.1, 0.15) is 0 Å². The van der Waals surface area contributed by atoms with Crippen LogP contribution in [0.4, 0.5) is 0 Å². The molecule has 10 rings (SSSR count). The molecular weight excluding hydrogens is 627 g/mol. The minimum atomic E-state index is 0.706. The third kappa shape index (κ3) is 4.73. The van der Waals surface area contributed by atoms with E-state index in [0.29, 0.717) is 5.82 Å². The summed E-state index contributed by atoms with van der Waals surface area (Å²) in [5, 5.41) is 5.11. The third-order valence-corrected chi connectivity index (χ3v) is 10.9. The molecule has 7 aromatic carbocycles. The van der Waals surface area contributed by atoms with E-state index < -0.39 is 0 Å². The van der Waals surface area contributed by atoms with Crippen LogP contribution >= 0.6 is 11.3 Å². The zero-order valence-corrected chi connectivity index (χ0v) is 27.8. The van der Waals surface area contributed by atoms with Gasteiger partial charge in [0, 0.05) is 53.3 Å². The lowest BCUT2D eigenvalue weighted by atomic mass is 10.0. The second-order valence-electron chi connectivity index (χ2n) is 12.6. The van der Waals surface area contributed by atoms with Crippen molar-refractivity contribution in [2.75, 3.05) is 0 Å². The molecule has 3 nitrogen and oxygen atoms in total. The molecule has 4 heteroatoms. The van der Waals surface area contributed by atoms with E-state index in [-0.39, 0.29) is 0 Å². The van der Waals surface area contributed by atoms with E-state index in [2.05, 4.69) is 144 Å². The summed E-state index contributed by atoms with van der Waals surface area (Å²) in [6.07, 6.45) is 0. The monoisotopic (exact) mass is 655 g/mol. The molecule has 0 saturated carbocycles. The van der Waals surface area contributed by atoms with Gasteiger partial charge < -0.3 is 4.57 Å². The molecule has 0 amide bonds. The number of para-hydroxylation sites is 1. The topological polar surface area (TPSA) is 30.7 Å². The Balaban J connectivity index is 1.12. The lowest BCUT2D eigenvalue weighted by molar-refractivity contribution is 1.16. The van der Waals surface area contributed by atoms with Gasteiger partial charge in [0.05, 0.1) is 22.4 Å². The molecule has 3 aromatic heterocycles. The standard InChI is InChI=1S/C46H29N3S/c1-3-12-30(13-4-1)40-29-41(31-14-5-2-6-15-31)48-46(47-40)32-22-25-34(26-23-32)49-42-20-9-7-16-36(42)37-27-24-33(28-43(37)49)35-18-11-19-39-38-17-8-10-21-44(38)50-45(35)39/h1-29H. The van der Waals surface area contributed by atoms with E-state index >= 15 is 0 Å². The van der Waals surface area contributed by atoms with Gasteiger partial charge >= 0.3 is 0 Å². The SMILES string of the molecule is c1ccc(-c2cc(-c3ccccc3)nc(-c3ccc(-n4c5ccccc5c5ccc(-c6cccc7c6sc6ccccc67)cc54)cc3)n2)cc1. The second kappa shape index (κ2) is 11.7. The van der Waals surface area contributed by atoms with Crippen molar-refractivity contribution in [3.8, 4) is 50.7 Å². The number of rotatable bonds is 5. The number of nitrogens with zero attached hydrogens (tertiary/aromatic N) is 3. The average Bonchev–Trinajstić information content (AvgIpc) is 3.74. The van der Waals surface area contributed by atoms with Crippen LogP contribution in [0.3, 0.4) is 0 Å². The first-order valence-corrected chi connectivity index (χ1v) is 17.6. The molecule has 50 heavy (non-hydrogen) atoms. The maximum atomic E-state index is 5.06. The first kappa shape index (κ1) is 28.6. The summed E-state index contributed by atoms with van der Waals surface area (Å²) in [4.78, 5) is 10.1. The quantitative estimate of drug-likeness (QED) is 0.185. The van der Waals surface area contributed by atoms with Crippen LogP contribution in [0.1, 0.15) is 0 Å². The highest BCUT2D eigenvalue weighted by atomic mass is 32.1. The smallest absolute Gasteiger partial charge is 0.160 e. The van der Waals surface area contributed by atoms with Gasteiger partial charge in [-0.1, -0.05) is 127 Å². The summed E-state index contributed by atoms with van der Waals surface area (Å²) in [6, 6.07) is 62.5. The van der Waals surface area contributed by atoms with Gasteiger partial charge in [0.25, 0.3) is 0 Å². The molecule has 0 aliphatic carbocycles. The Morgan fingerprint density at radius 3 is 1.74 bits per heavy atom. The Morgan fingerprint density at radius 1 is 0.400 bits per heavy atom. The zero-order chi connectivity index (χ0) is 33.0. The van der Waals surface area contributed by atoms with Gasteiger partial charge in [0.2, 0.25) is 0 Å². The van der Waals surface area contributed by atoms with Gasteiger partial charge in [-0.15, -0.1) is 11.3 Å². The fourth-order valence-corrected chi connectivity index (χ4v) is 8.48. The van der Waals surface area contributed by atoms with Gasteiger partial charge in [-0.2, -0.15) is 0 Å². The van der Waals surface area contributed by atoms with Crippen molar-refractivity contribution < 1.29 is 0 Å². The highest BCUT2D eigenvalue weighted by Gasteiger charge is 2.16. The van der Waals surface area contributed by atoms with Crippen molar-refractivity contribution in [3.05, 3.63) is 176 Å². The summed E-state index contributed by atoms with van der Waals surface area (Å²) in [5.41, 5.74) is 10.9. The van der Waals surface area contributed by atoms with Crippen LogP contribution in [0.2, 0.25) is 0 Å². The summed E-state index contributed by atoms with van der Waals surface area (Å²) in [6.45, 7) is 0. The Labute approximate surface area is 293 Å². The first-order valence-electron chi connectivity index (χ1n) is 16.8. The summed E-state index contributed by atoms with van der Waals surface area (Å²) in [7, 11) is 0. The highest BCUT2D eigenvalue weighted by Crippen LogP contribution is 2.42. The van der Waals surface area contributed by atoms with E-state index in [9.17, 15) is 0 Å². The van der Waals surface area contributed by atoms with Crippen molar-refractivity contribution in [1.82, 2.24) is 14.5 Å². The van der Waals surface area contributed by atoms with Gasteiger partial charge in [-0.25, -0.2) is 9.97 Å². The van der Waals surface area contributed by atoms with E-state index in [1.165, 1.54) is 53.1 Å². The van der Waals surface area contributed by atoms with Gasteiger partial charge in [0.15, 0.2) is 5.82 Å². The molecule has 0 radical (unpaired) electrons. The van der Waals surface area contributed by atoms with E-state index in [0.717, 1.165) is 33.8 Å². The van der Waals surface area contributed by atoms with Crippen molar-refractivity contribution in [1.29, 1.82) is 0 Å². The third-order valence-electron chi connectivity index (χ3n) is 9.64. The zero-order valence-electron chi connectivity index (χ0n) is 27.0. The molecule has 234 valence electrons. The molecule has 0 unspecified atom stereocenters. The molecule has 0 N–H and O–H groups in total. The fraction of sp³-hybridized carbons (Fsp3) is 0. The Hall–Kier alpha value is -6.36. The molecule has 0 aliphatic rings. The predicted molar refractivity (Wildman–Crippen MR) is 211 cm³/mol. The van der Waals surface area contributed by atoms with Crippen molar-refractivity contribution in [3.63, 3.8) is 0 Å². The van der Waals surface area contributed by atoms with Gasteiger partial charge in [-0.05, 0) is 59.7 Å². The van der Waals surface area contributed by atoms with Crippen LogP contribution in [0, 0.1) is 0 Å². The molecule has 0 spiro atoms. The largest absolute Gasteiger partial charge is 0.309 e. The molecule has 0 bridgehead atoms. The number of fused-ring (bicyclic) bond motifs is 6. The van der Waals surface area contributed by atoms with Crippen LogP contribution < -0.4 is 0 Å². The Kier molecular flexibility index (Phi) is 6.68. The average molecular weight is 656 g/mol. The molecular formula is C46H29N3S. The normalized spacial score (nSPS) is 11.6. The maximum absolute atomic E-state index is 5.06. The second-order valence-corrected chi connectivity index (χ2v) is 13.7. The van der Waals surface area contributed by atoms with Crippen molar-refractivity contribution in [2.24, 2.45) is 0 Å². The summed E-state index contributed by atoms with van der Waals surface area (Å²) < 4.78 is 5.03. The van der Waals surface area contributed by atoms with Crippen molar-refractivity contribution in [2.45, 2.75) is 0 Å². The van der Waals surface area contributed by atoms with Crippen LogP contribution in [0.15, 0.2) is 176 Å². The predicted octanol–water partition coefficient (Wildman–Crippen LogP) is 12.6. The highest BCUT2D eigenvalue weighted by molar-refractivity contribution is 7.26. The van der Waals surface area contributed by atoms with Crippen LogP contribution in [-0.4, -0.2) is 14.5 Å². The minimum absolute atomic E-state index is 0.706. The van der Waals surface area contributed by atoms with Crippen LogP contribution in [0.25, 0.3) is 92.7 Å². The molecule has 0 saturated heterocycles. The number of benzene rings is 7. The minimum Gasteiger partial charge on any atom is -0.309 e. The van der Waals surface area contributed by atoms with E-state index in [4.69, 9.17) is 9.97 Å². The Morgan fingerprint density at radius 2 is 1.00 bits per heavy atom. The summed E-state index contributed by atoms with van der Waals surface area (Å²) in [5.74, 6) is 0.706. The van der Waals surface area contributed by atoms with Crippen LogP contribution in [0.5, 0.6) is 0 Å². The van der Waals surface area contributed by atoms with E-state index in [1.807, 2.05) is 47.7 Å². The number of thiophene rings is 1. The van der Waals surface area contributed by atoms with Crippen LogP contribution in [-0.2, 0) is 0 Å². The molecule has 0 atom stereocenters. The van der Waals surface area contributed by atoms with Gasteiger partial charge in [-0.3, -0.25) is 0 Å². The first-order chi connectivity index (χ1) is 24.8. The lowest BCUT2D eigenvalue weighted by Crippen LogP contribution is -1.97.